The van der Waals surface area contributed by atoms with Crippen molar-refractivity contribution in [3.8, 4) is 0 Å². The summed E-state index contributed by atoms with van der Waals surface area (Å²) in [6.07, 6.45) is 2.36. The Balaban J connectivity index is 1.77. The number of thiazole rings is 1. The summed E-state index contributed by atoms with van der Waals surface area (Å²) < 4.78 is 1.97. The topological polar surface area (TPSA) is 63.1 Å². The van der Waals surface area contributed by atoms with Crippen LogP contribution in [0.15, 0.2) is 5.38 Å². The average Bonchev–Trinajstić information content (AvgIpc) is 3.14. The fourth-order valence-corrected chi connectivity index (χ4v) is 4.16. The van der Waals surface area contributed by atoms with Crippen LogP contribution in [0.1, 0.15) is 48.5 Å². The molecule has 1 aliphatic rings. The normalized spacial score (nSPS) is 18.5. The monoisotopic (exact) mass is 333 g/mol. The minimum atomic E-state index is -0.0773. The van der Waals surface area contributed by atoms with Crippen LogP contribution in [0, 0.1) is 13.8 Å². The minimum Gasteiger partial charge on any atom is -0.302 e. The fraction of sp³-hybridized carbons (Fsp3) is 0.562. The summed E-state index contributed by atoms with van der Waals surface area (Å²) in [5.74, 6) is -0.0773. The standard InChI is InChI=1S/C16H23N5OS/c1-10-15(11(2)20(4)19-10)14-6-5-7-21(14)8-13-9-23-16(18-13)17-12(3)22/h9,14H,5-8H2,1-4H3,(H,17,18,22)/t14-/m1/s1. The molecule has 0 aliphatic carbocycles. The van der Waals surface area contributed by atoms with Gasteiger partial charge in [0.05, 0.1) is 11.4 Å². The molecular formula is C16H23N5OS. The molecule has 0 bridgehead atoms. The average molecular weight is 333 g/mol. The van der Waals surface area contributed by atoms with E-state index in [1.807, 2.05) is 17.1 Å². The number of amides is 1. The summed E-state index contributed by atoms with van der Waals surface area (Å²) in [5, 5.41) is 10.0. The van der Waals surface area contributed by atoms with Crippen LogP contribution in [0.2, 0.25) is 0 Å². The van der Waals surface area contributed by atoms with E-state index < -0.39 is 0 Å². The van der Waals surface area contributed by atoms with Crippen molar-refractivity contribution in [2.45, 2.75) is 46.2 Å². The van der Waals surface area contributed by atoms with Crippen molar-refractivity contribution < 1.29 is 4.79 Å². The van der Waals surface area contributed by atoms with E-state index in [0.717, 1.165) is 30.9 Å². The molecule has 23 heavy (non-hydrogen) atoms. The number of anilines is 1. The van der Waals surface area contributed by atoms with E-state index >= 15 is 0 Å². The summed E-state index contributed by atoms with van der Waals surface area (Å²) in [6, 6.07) is 0.412. The van der Waals surface area contributed by atoms with Crippen LogP contribution >= 0.6 is 11.3 Å². The van der Waals surface area contributed by atoms with Crippen LogP contribution in [0.4, 0.5) is 5.13 Å². The van der Waals surface area contributed by atoms with E-state index in [4.69, 9.17) is 0 Å². The van der Waals surface area contributed by atoms with Crippen LogP contribution in [0.5, 0.6) is 0 Å². The number of aryl methyl sites for hydroxylation is 2. The molecule has 3 rings (SSSR count). The molecule has 1 N–H and O–H groups in total. The third kappa shape index (κ3) is 3.30. The number of hydrogen-bond donors (Lipinski definition) is 1. The second-order valence-corrected chi connectivity index (χ2v) is 7.02. The van der Waals surface area contributed by atoms with E-state index in [2.05, 4.69) is 34.1 Å². The van der Waals surface area contributed by atoms with Gasteiger partial charge in [-0.1, -0.05) is 0 Å². The molecule has 7 heteroatoms. The Kier molecular flexibility index (Phi) is 4.50. The summed E-state index contributed by atoms with van der Waals surface area (Å²) in [4.78, 5) is 18.1. The molecule has 1 fully saturated rings. The maximum absolute atomic E-state index is 11.1. The number of likely N-dealkylation sites (tertiary alicyclic amines) is 1. The van der Waals surface area contributed by atoms with Crippen molar-refractivity contribution in [1.82, 2.24) is 19.7 Å². The zero-order valence-electron chi connectivity index (χ0n) is 14.1. The van der Waals surface area contributed by atoms with Crippen molar-refractivity contribution in [3.05, 3.63) is 28.0 Å². The Morgan fingerprint density at radius 3 is 2.91 bits per heavy atom. The zero-order valence-corrected chi connectivity index (χ0v) is 14.9. The van der Waals surface area contributed by atoms with Gasteiger partial charge in [-0.05, 0) is 33.2 Å². The molecule has 0 unspecified atom stereocenters. The van der Waals surface area contributed by atoms with Crippen LogP contribution in [-0.2, 0) is 18.4 Å². The predicted octanol–water partition coefficient (Wildman–Crippen LogP) is 2.79. The highest BCUT2D eigenvalue weighted by molar-refractivity contribution is 7.13. The first-order valence-electron chi connectivity index (χ1n) is 7.92. The Morgan fingerprint density at radius 1 is 1.48 bits per heavy atom. The van der Waals surface area contributed by atoms with Crippen molar-refractivity contribution in [1.29, 1.82) is 0 Å². The number of hydrogen-bond acceptors (Lipinski definition) is 5. The number of nitrogens with zero attached hydrogens (tertiary/aromatic N) is 4. The number of rotatable bonds is 4. The molecule has 1 atom stereocenters. The highest BCUT2D eigenvalue weighted by atomic mass is 32.1. The summed E-state index contributed by atoms with van der Waals surface area (Å²) >= 11 is 1.48. The lowest BCUT2D eigenvalue weighted by molar-refractivity contribution is -0.114. The third-order valence-corrected chi connectivity index (χ3v) is 5.27. The van der Waals surface area contributed by atoms with E-state index in [0.29, 0.717) is 11.2 Å². The van der Waals surface area contributed by atoms with Crippen LogP contribution in [0.3, 0.4) is 0 Å². The number of carbonyl (C=O) groups is 1. The van der Waals surface area contributed by atoms with Gasteiger partial charge in [0.2, 0.25) is 5.91 Å². The first-order chi connectivity index (χ1) is 11.0. The Bertz CT molecular complexity index is 720. The van der Waals surface area contributed by atoms with Gasteiger partial charge in [0.1, 0.15) is 0 Å². The largest absolute Gasteiger partial charge is 0.302 e. The molecule has 0 saturated carbocycles. The Morgan fingerprint density at radius 2 is 2.26 bits per heavy atom. The quantitative estimate of drug-likeness (QED) is 0.934. The number of aromatic nitrogens is 3. The summed E-state index contributed by atoms with van der Waals surface area (Å²) in [5.41, 5.74) is 4.75. The molecule has 0 aromatic carbocycles. The molecule has 0 radical (unpaired) electrons. The lowest BCUT2D eigenvalue weighted by Crippen LogP contribution is -2.23. The van der Waals surface area contributed by atoms with Crippen LogP contribution in [-0.4, -0.2) is 32.1 Å². The summed E-state index contributed by atoms with van der Waals surface area (Å²) in [6.45, 7) is 7.63. The van der Waals surface area contributed by atoms with E-state index in [1.54, 1.807) is 0 Å². The van der Waals surface area contributed by atoms with Crippen molar-refractivity contribution in [2.75, 3.05) is 11.9 Å². The van der Waals surface area contributed by atoms with Crippen molar-refractivity contribution in [3.63, 3.8) is 0 Å². The maximum Gasteiger partial charge on any atom is 0.223 e. The molecule has 1 aliphatic heterocycles. The van der Waals surface area contributed by atoms with Gasteiger partial charge in [-0.15, -0.1) is 11.3 Å². The SMILES string of the molecule is CC(=O)Nc1nc(CN2CCC[C@@H]2c2c(C)nn(C)c2C)cs1. The predicted molar refractivity (Wildman–Crippen MR) is 91.5 cm³/mol. The van der Waals surface area contributed by atoms with Gasteiger partial charge in [0, 0.05) is 43.2 Å². The second kappa shape index (κ2) is 6.41. The molecule has 124 valence electrons. The van der Waals surface area contributed by atoms with E-state index in [-0.39, 0.29) is 5.91 Å². The minimum absolute atomic E-state index is 0.0773. The summed E-state index contributed by atoms with van der Waals surface area (Å²) in [7, 11) is 2.01. The number of carbonyl (C=O) groups excluding carboxylic acids is 1. The van der Waals surface area contributed by atoms with Gasteiger partial charge >= 0.3 is 0 Å². The van der Waals surface area contributed by atoms with Crippen LogP contribution < -0.4 is 5.32 Å². The Labute approximate surface area is 140 Å². The van der Waals surface area contributed by atoms with Gasteiger partial charge in [0.15, 0.2) is 5.13 Å². The molecule has 3 heterocycles. The highest BCUT2D eigenvalue weighted by Gasteiger charge is 2.30. The van der Waals surface area contributed by atoms with Crippen molar-refractivity contribution >= 4 is 22.4 Å². The Hall–Kier alpha value is -1.73. The lowest BCUT2D eigenvalue weighted by atomic mass is 10.0. The fourth-order valence-electron chi connectivity index (χ4n) is 3.41. The second-order valence-electron chi connectivity index (χ2n) is 6.16. The van der Waals surface area contributed by atoms with Gasteiger partial charge < -0.3 is 5.32 Å². The van der Waals surface area contributed by atoms with Gasteiger partial charge in [-0.25, -0.2) is 4.98 Å². The highest BCUT2D eigenvalue weighted by Crippen LogP contribution is 2.36. The third-order valence-electron chi connectivity index (χ3n) is 4.46. The van der Waals surface area contributed by atoms with E-state index in [1.165, 1.54) is 35.9 Å². The molecule has 0 spiro atoms. The molecule has 6 nitrogen and oxygen atoms in total. The number of nitrogens with one attached hydrogen (secondary N) is 1. The molecule has 1 saturated heterocycles. The van der Waals surface area contributed by atoms with E-state index in [9.17, 15) is 4.79 Å². The van der Waals surface area contributed by atoms with Gasteiger partial charge in [-0.2, -0.15) is 5.10 Å². The molecule has 1 amide bonds. The van der Waals surface area contributed by atoms with Crippen molar-refractivity contribution in [2.24, 2.45) is 7.05 Å². The maximum atomic E-state index is 11.1. The first kappa shape index (κ1) is 16.1. The smallest absolute Gasteiger partial charge is 0.223 e. The van der Waals surface area contributed by atoms with Crippen LogP contribution in [0.25, 0.3) is 0 Å². The zero-order chi connectivity index (χ0) is 16.6. The van der Waals surface area contributed by atoms with Gasteiger partial charge in [-0.3, -0.25) is 14.4 Å². The molecule has 2 aromatic rings. The molecular weight excluding hydrogens is 310 g/mol. The van der Waals surface area contributed by atoms with Gasteiger partial charge in [0.25, 0.3) is 0 Å². The lowest BCUT2D eigenvalue weighted by Gasteiger charge is -2.24. The molecule has 2 aromatic heterocycles. The first-order valence-corrected chi connectivity index (χ1v) is 8.80.